The molecule has 108 valence electrons. The van der Waals surface area contributed by atoms with Crippen molar-refractivity contribution in [2.75, 3.05) is 47.5 Å². The lowest BCUT2D eigenvalue weighted by atomic mass is 10.2. The fraction of sp³-hybridized carbons (Fsp3) is 0.923. The van der Waals surface area contributed by atoms with Crippen LogP contribution in [0, 0.1) is 0 Å². The summed E-state index contributed by atoms with van der Waals surface area (Å²) in [6.07, 6.45) is 2.80. The molecule has 5 heteroatoms. The molecule has 0 bridgehead atoms. The van der Waals surface area contributed by atoms with Gasteiger partial charge in [-0.1, -0.05) is 6.92 Å². The molecule has 0 aromatic heterocycles. The van der Waals surface area contributed by atoms with E-state index in [0.717, 1.165) is 45.5 Å². The molecule has 0 aromatic rings. The van der Waals surface area contributed by atoms with Gasteiger partial charge in [0.15, 0.2) is 0 Å². The molecule has 0 heterocycles. The number of methoxy groups -OCH3 is 2. The molecule has 1 unspecified atom stereocenters. The second-order valence-electron chi connectivity index (χ2n) is 4.47. The van der Waals surface area contributed by atoms with Crippen LogP contribution in [0.1, 0.15) is 26.2 Å². The van der Waals surface area contributed by atoms with E-state index in [1.54, 1.807) is 7.11 Å². The lowest BCUT2D eigenvalue weighted by Gasteiger charge is -2.21. The Labute approximate surface area is 111 Å². The van der Waals surface area contributed by atoms with Crippen molar-refractivity contribution in [3.63, 3.8) is 0 Å². The lowest BCUT2D eigenvalue weighted by Crippen LogP contribution is -2.40. The second kappa shape index (κ2) is 11.4. The van der Waals surface area contributed by atoms with Gasteiger partial charge in [-0.05, 0) is 39.4 Å². The summed E-state index contributed by atoms with van der Waals surface area (Å²) < 4.78 is 9.81. The molecule has 0 radical (unpaired) electrons. The Morgan fingerprint density at radius 2 is 2.06 bits per heavy atom. The predicted molar refractivity (Wildman–Crippen MR) is 72.7 cm³/mol. The Morgan fingerprint density at radius 3 is 2.61 bits per heavy atom. The molecule has 0 amide bonds. The average molecular weight is 260 g/mol. The van der Waals surface area contributed by atoms with Gasteiger partial charge in [0.25, 0.3) is 0 Å². The minimum Gasteiger partial charge on any atom is -0.468 e. The molecule has 1 atom stereocenters. The van der Waals surface area contributed by atoms with E-state index in [-0.39, 0.29) is 12.0 Å². The zero-order valence-corrected chi connectivity index (χ0v) is 12.2. The van der Waals surface area contributed by atoms with E-state index in [4.69, 9.17) is 9.47 Å². The molecule has 5 nitrogen and oxygen atoms in total. The van der Waals surface area contributed by atoms with E-state index < -0.39 is 0 Å². The summed E-state index contributed by atoms with van der Waals surface area (Å²) >= 11 is 0. The zero-order chi connectivity index (χ0) is 13.8. The smallest absolute Gasteiger partial charge is 0.322 e. The van der Waals surface area contributed by atoms with Gasteiger partial charge in [0.05, 0.1) is 7.11 Å². The number of ether oxygens (including phenoxy) is 2. The van der Waals surface area contributed by atoms with Crippen LogP contribution < -0.4 is 5.32 Å². The summed E-state index contributed by atoms with van der Waals surface area (Å²) in [7, 11) is 5.21. The van der Waals surface area contributed by atoms with E-state index >= 15 is 0 Å². The van der Waals surface area contributed by atoms with Gasteiger partial charge >= 0.3 is 5.97 Å². The molecule has 0 aromatic carbocycles. The molecule has 18 heavy (non-hydrogen) atoms. The summed E-state index contributed by atoms with van der Waals surface area (Å²) in [5.74, 6) is -0.172. The number of nitrogens with zero attached hydrogens (tertiary/aromatic N) is 1. The summed E-state index contributed by atoms with van der Waals surface area (Å²) in [5, 5.41) is 3.22. The Hall–Kier alpha value is -0.650. The highest BCUT2D eigenvalue weighted by Crippen LogP contribution is 1.99. The van der Waals surface area contributed by atoms with Crippen molar-refractivity contribution in [3.8, 4) is 0 Å². The fourth-order valence-electron chi connectivity index (χ4n) is 1.70. The van der Waals surface area contributed by atoms with Crippen LogP contribution in [0.5, 0.6) is 0 Å². The number of hydrogen-bond donors (Lipinski definition) is 1. The Kier molecular flexibility index (Phi) is 11.0. The first kappa shape index (κ1) is 17.4. The third-order valence-electron chi connectivity index (χ3n) is 2.81. The first-order valence-electron chi connectivity index (χ1n) is 6.64. The number of nitrogens with one attached hydrogen (secondary N) is 1. The van der Waals surface area contributed by atoms with E-state index in [0.29, 0.717) is 0 Å². The van der Waals surface area contributed by atoms with Crippen molar-refractivity contribution in [2.45, 2.75) is 32.2 Å². The molecule has 0 saturated heterocycles. The molecule has 0 aliphatic heterocycles. The molecular formula is C13H28N2O3. The summed E-state index contributed by atoms with van der Waals surface area (Å²) in [4.78, 5) is 13.8. The number of carbonyl (C=O) groups is 1. The minimum atomic E-state index is -0.195. The zero-order valence-electron chi connectivity index (χ0n) is 12.2. The van der Waals surface area contributed by atoms with Crippen molar-refractivity contribution in [2.24, 2.45) is 0 Å². The van der Waals surface area contributed by atoms with Gasteiger partial charge in [-0.2, -0.15) is 0 Å². The highest BCUT2D eigenvalue weighted by atomic mass is 16.5. The average Bonchev–Trinajstić information content (AvgIpc) is 2.38. The van der Waals surface area contributed by atoms with Crippen molar-refractivity contribution in [3.05, 3.63) is 0 Å². The largest absolute Gasteiger partial charge is 0.468 e. The minimum absolute atomic E-state index is 0.172. The van der Waals surface area contributed by atoms with E-state index in [9.17, 15) is 4.79 Å². The number of esters is 1. The highest BCUT2D eigenvalue weighted by molar-refractivity contribution is 5.75. The van der Waals surface area contributed by atoms with Gasteiger partial charge < -0.3 is 19.7 Å². The molecule has 0 spiro atoms. The van der Waals surface area contributed by atoms with Crippen LogP contribution >= 0.6 is 0 Å². The molecule has 0 rings (SSSR count). The maximum Gasteiger partial charge on any atom is 0.322 e. The van der Waals surface area contributed by atoms with Crippen molar-refractivity contribution < 1.29 is 14.3 Å². The van der Waals surface area contributed by atoms with Crippen LogP contribution in [0.3, 0.4) is 0 Å². The summed E-state index contributed by atoms with van der Waals surface area (Å²) in [6.45, 7) is 5.56. The Balaban J connectivity index is 3.89. The van der Waals surface area contributed by atoms with Crippen molar-refractivity contribution in [1.82, 2.24) is 10.2 Å². The van der Waals surface area contributed by atoms with Gasteiger partial charge in [-0.15, -0.1) is 0 Å². The van der Waals surface area contributed by atoms with Gasteiger partial charge in [0, 0.05) is 20.3 Å². The van der Waals surface area contributed by atoms with Gasteiger partial charge in [-0.3, -0.25) is 4.79 Å². The van der Waals surface area contributed by atoms with Gasteiger partial charge in [-0.25, -0.2) is 0 Å². The standard InChI is InChI=1S/C13H28N2O3/c1-5-8-14-12(13(16)18-4)7-10-15(2)9-6-11-17-3/h12,14H,5-11H2,1-4H3. The maximum absolute atomic E-state index is 11.6. The van der Waals surface area contributed by atoms with Crippen LogP contribution in [0.15, 0.2) is 0 Å². The first-order chi connectivity index (χ1) is 8.65. The molecular weight excluding hydrogens is 232 g/mol. The van der Waals surface area contributed by atoms with E-state index in [1.165, 1.54) is 7.11 Å². The number of carbonyl (C=O) groups excluding carboxylic acids is 1. The van der Waals surface area contributed by atoms with Crippen LogP contribution in [0.4, 0.5) is 0 Å². The number of rotatable bonds is 11. The predicted octanol–water partition coefficient (Wildman–Crippen LogP) is 0.886. The Bertz CT molecular complexity index is 212. The molecule has 0 aliphatic carbocycles. The van der Waals surface area contributed by atoms with Crippen LogP contribution in [0.25, 0.3) is 0 Å². The third kappa shape index (κ3) is 8.44. The van der Waals surface area contributed by atoms with Crippen molar-refractivity contribution >= 4 is 5.97 Å². The Morgan fingerprint density at radius 1 is 1.33 bits per heavy atom. The molecule has 1 N–H and O–H groups in total. The molecule has 0 fully saturated rings. The topological polar surface area (TPSA) is 50.8 Å². The SMILES string of the molecule is CCCNC(CCN(C)CCCOC)C(=O)OC. The molecule has 0 saturated carbocycles. The van der Waals surface area contributed by atoms with Gasteiger partial charge in [0.2, 0.25) is 0 Å². The summed E-state index contributed by atoms with van der Waals surface area (Å²) in [5.41, 5.74) is 0. The normalized spacial score (nSPS) is 12.7. The monoisotopic (exact) mass is 260 g/mol. The maximum atomic E-state index is 11.6. The lowest BCUT2D eigenvalue weighted by molar-refractivity contribution is -0.143. The van der Waals surface area contributed by atoms with E-state index in [2.05, 4.69) is 24.2 Å². The van der Waals surface area contributed by atoms with Crippen LogP contribution in [-0.4, -0.2) is 64.4 Å². The molecule has 0 aliphatic rings. The summed E-state index contributed by atoms with van der Waals surface area (Å²) in [6, 6.07) is -0.195. The van der Waals surface area contributed by atoms with Crippen LogP contribution in [-0.2, 0) is 14.3 Å². The van der Waals surface area contributed by atoms with Crippen molar-refractivity contribution in [1.29, 1.82) is 0 Å². The fourth-order valence-corrected chi connectivity index (χ4v) is 1.70. The third-order valence-corrected chi connectivity index (χ3v) is 2.81. The first-order valence-corrected chi connectivity index (χ1v) is 6.64. The second-order valence-corrected chi connectivity index (χ2v) is 4.47. The van der Waals surface area contributed by atoms with Crippen LogP contribution in [0.2, 0.25) is 0 Å². The van der Waals surface area contributed by atoms with Gasteiger partial charge in [0.1, 0.15) is 6.04 Å². The quantitative estimate of drug-likeness (QED) is 0.441. The van der Waals surface area contributed by atoms with E-state index in [1.807, 2.05) is 0 Å². The number of hydrogen-bond acceptors (Lipinski definition) is 5. The highest BCUT2D eigenvalue weighted by Gasteiger charge is 2.18.